The fourth-order valence-corrected chi connectivity index (χ4v) is 7.19. The lowest BCUT2D eigenvalue weighted by Crippen LogP contribution is -2.61. The molecule has 5 atom stereocenters. The molecule has 0 radical (unpaired) electrons. The summed E-state index contributed by atoms with van der Waals surface area (Å²) < 4.78 is 0. The van der Waals surface area contributed by atoms with Crippen LogP contribution in [0.2, 0.25) is 0 Å². The predicted molar refractivity (Wildman–Crippen MR) is 264 cm³/mol. The topological polar surface area (TPSA) is 437 Å². The monoisotopic (exact) mass is 1040 g/mol. The smallest absolute Gasteiger partial charge is 0.271 e. The van der Waals surface area contributed by atoms with Crippen LogP contribution in [-0.2, 0) is 38.4 Å². The fraction of sp³-hybridized carbons (Fsp3) is 0.255. The average Bonchev–Trinajstić information content (AvgIpc) is 3.42. The number of carbonyl (C=O) groups is 11. The molecule has 4 unspecified atom stereocenters. The second-order valence-corrected chi connectivity index (χ2v) is 16.6. The van der Waals surface area contributed by atoms with Gasteiger partial charge in [-0.2, -0.15) is 0 Å². The number of carbonyl (C=O) groups excluding carboxylic acids is 11. The van der Waals surface area contributed by atoms with Gasteiger partial charge in [0.1, 0.15) is 47.3 Å². The van der Waals surface area contributed by atoms with Gasteiger partial charge in [-0.3, -0.25) is 67.7 Å². The zero-order valence-corrected chi connectivity index (χ0v) is 39.8. The molecular weight excluding hydrogens is 993 g/mol. The number of aromatic nitrogens is 6. The third-order valence-corrected chi connectivity index (χ3v) is 11.2. The summed E-state index contributed by atoms with van der Waals surface area (Å²) in [6, 6.07) is 11.4. The summed E-state index contributed by atoms with van der Waals surface area (Å²) in [7, 11) is 0. The van der Waals surface area contributed by atoms with Gasteiger partial charge in [0.25, 0.3) is 17.7 Å². The lowest BCUT2D eigenvalue weighted by molar-refractivity contribution is -0.134. The zero-order valence-electron chi connectivity index (χ0n) is 39.8. The summed E-state index contributed by atoms with van der Waals surface area (Å²) >= 11 is 0. The maximum Gasteiger partial charge on any atom is 0.271 e. The van der Waals surface area contributed by atoms with E-state index in [1.54, 1.807) is 72.8 Å². The van der Waals surface area contributed by atoms with E-state index in [1.807, 2.05) is 0 Å². The van der Waals surface area contributed by atoms with E-state index in [4.69, 9.17) is 11.5 Å². The van der Waals surface area contributed by atoms with Crippen molar-refractivity contribution in [3.05, 3.63) is 108 Å². The summed E-state index contributed by atoms with van der Waals surface area (Å²) in [5.41, 5.74) is 13.5. The molecule has 392 valence electrons. The fourth-order valence-electron chi connectivity index (χ4n) is 7.19. The molecule has 0 spiro atoms. The summed E-state index contributed by atoms with van der Waals surface area (Å²) in [4.78, 5) is 173. The molecule has 7 rings (SSSR count). The molecule has 0 aliphatic carbocycles. The highest BCUT2D eigenvalue weighted by molar-refractivity contribution is 6.00. The largest absolute Gasteiger partial charge is 0.368 e. The van der Waals surface area contributed by atoms with Crippen molar-refractivity contribution in [2.45, 2.75) is 36.6 Å². The number of nitrogens with two attached hydrogens (primary N) is 2. The Hall–Kier alpha value is -10.2. The van der Waals surface area contributed by atoms with Gasteiger partial charge in [0.2, 0.25) is 47.3 Å². The molecular formula is C47H48N18O11. The first-order valence-electron chi connectivity index (χ1n) is 23.1. The van der Waals surface area contributed by atoms with E-state index < -0.39 is 141 Å². The molecule has 6 aromatic rings. The van der Waals surface area contributed by atoms with Gasteiger partial charge >= 0.3 is 0 Å². The van der Waals surface area contributed by atoms with Crippen LogP contribution < -0.4 is 64.6 Å². The highest BCUT2D eigenvalue weighted by Gasteiger charge is 2.32. The minimum atomic E-state index is -1.82. The number of para-hydroxylation sites is 6. The molecule has 3 aromatic heterocycles. The van der Waals surface area contributed by atoms with Gasteiger partial charge in [-0.1, -0.05) is 36.4 Å². The Bertz CT molecular complexity index is 3270. The third-order valence-electron chi connectivity index (χ3n) is 11.2. The van der Waals surface area contributed by atoms with Gasteiger partial charge in [-0.25, -0.2) is 15.0 Å². The molecule has 29 heteroatoms. The SMILES string of the molecule is NCC1NC(=O)C[C@@H](C(N)=O)NC(=O)C(CNC(=O)c2cnc3ccccc3n2)NC(=O)CNC(=O)C(CNC(=O)c2cnc3ccccc3n2)NC(=O)CNC(=O)C(CNC(=O)c2cnc3ccccc3n2)NC1=O. The van der Waals surface area contributed by atoms with Crippen LogP contribution in [0, 0.1) is 0 Å². The second kappa shape index (κ2) is 25.0. The van der Waals surface area contributed by atoms with Crippen LogP contribution in [-0.4, -0.2) is 164 Å². The highest BCUT2D eigenvalue weighted by atomic mass is 16.2. The van der Waals surface area contributed by atoms with Crippen molar-refractivity contribution in [2.75, 3.05) is 39.3 Å². The first-order chi connectivity index (χ1) is 36.5. The predicted octanol–water partition coefficient (Wildman–Crippen LogP) is -5.39. The Morgan fingerprint density at radius 2 is 0.803 bits per heavy atom. The van der Waals surface area contributed by atoms with Gasteiger partial charge < -0.3 is 64.6 Å². The van der Waals surface area contributed by atoms with Crippen molar-refractivity contribution in [1.29, 1.82) is 0 Å². The first kappa shape index (κ1) is 53.6. The molecule has 11 amide bonds. The number of fused-ring (bicyclic) bond motifs is 3. The van der Waals surface area contributed by atoms with Crippen molar-refractivity contribution in [1.82, 2.24) is 83.1 Å². The summed E-state index contributed by atoms with van der Waals surface area (Å²) in [6.07, 6.45) is 2.62. The highest BCUT2D eigenvalue weighted by Crippen LogP contribution is 2.11. The van der Waals surface area contributed by atoms with E-state index in [0.29, 0.717) is 33.1 Å². The number of benzene rings is 3. The van der Waals surface area contributed by atoms with Crippen LogP contribution in [0.3, 0.4) is 0 Å². The van der Waals surface area contributed by atoms with Crippen molar-refractivity contribution in [2.24, 2.45) is 11.5 Å². The van der Waals surface area contributed by atoms with E-state index in [0.717, 1.165) is 0 Å². The van der Waals surface area contributed by atoms with E-state index in [2.05, 4.69) is 83.1 Å². The Morgan fingerprint density at radius 3 is 1.18 bits per heavy atom. The number of nitrogens with zero attached hydrogens (tertiary/aromatic N) is 6. The number of nitrogens with one attached hydrogen (secondary N) is 10. The Labute approximate surface area is 428 Å². The minimum Gasteiger partial charge on any atom is -0.368 e. The number of amides is 11. The molecule has 1 fully saturated rings. The van der Waals surface area contributed by atoms with E-state index in [-0.39, 0.29) is 17.1 Å². The molecule has 1 aliphatic rings. The molecule has 1 aliphatic heterocycles. The van der Waals surface area contributed by atoms with Crippen molar-refractivity contribution in [3.63, 3.8) is 0 Å². The van der Waals surface area contributed by atoms with Gasteiger partial charge in [-0.15, -0.1) is 0 Å². The second-order valence-electron chi connectivity index (χ2n) is 16.6. The lowest BCUT2D eigenvalue weighted by atomic mass is 10.1. The van der Waals surface area contributed by atoms with Crippen LogP contribution in [0.5, 0.6) is 0 Å². The summed E-state index contributed by atoms with van der Waals surface area (Å²) in [5, 5.41) is 23.5. The number of hydrogen-bond donors (Lipinski definition) is 12. The number of hydrogen-bond acceptors (Lipinski definition) is 18. The molecule has 14 N–H and O–H groups in total. The zero-order chi connectivity index (χ0) is 54.3. The third kappa shape index (κ3) is 14.3. The standard InChI is InChI=1S/C47H48N18O11/c48-14-30-46(75)65-35(19-54-42(71)32-16-51-24-8-2-5-11-27(24)59-32)45(74)57-21-38(67)62-34(18-53-41(70)31-15-50-23-7-1-4-10-26(23)58-31)44(73)56-22-39(68)63-36(47(76)64-29(40(49)69)13-37(66)61-30)20-55-43(72)33-17-52-25-9-3-6-12-28(25)60-33/h1-12,15-17,29-30,34-36H,13-14,18-22,48H2,(H2,49,69)(H,53,70)(H,54,71)(H,55,72)(H,56,73)(H,57,74)(H,61,66)(H,62,67)(H,63,68)(H,64,76)(H,65,75)/t29-,30?,34?,35?,36?/m0/s1. The Kier molecular flexibility index (Phi) is 17.6. The molecule has 4 heterocycles. The van der Waals surface area contributed by atoms with Gasteiger partial charge in [0.05, 0.1) is 71.2 Å². The van der Waals surface area contributed by atoms with E-state index in [9.17, 15) is 52.7 Å². The molecule has 0 saturated carbocycles. The van der Waals surface area contributed by atoms with Crippen LogP contribution in [0.4, 0.5) is 0 Å². The van der Waals surface area contributed by atoms with Crippen molar-refractivity contribution in [3.8, 4) is 0 Å². The molecule has 3 aromatic carbocycles. The molecule has 76 heavy (non-hydrogen) atoms. The summed E-state index contributed by atoms with van der Waals surface area (Å²) in [6.45, 7) is -4.37. The normalized spacial score (nSPS) is 19.4. The average molecular weight is 1040 g/mol. The Balaban J connectivity index is 1.13. The molecule has 0 bridgehead atoms. The quantitative estimate of drug-likeness (QED) is 0.0576. The van der Waals surface area contributed by atoms with Crippen LogP contribution >= 0.6 is 0 Å². The van der Waals surface area contributed by atoms with Crippen LogP contribution in [0.15, 0.2) is 91.4 Å². The number of primary amides is 1. The van der Waals surface area contributed by atoms with E-state index >= 15 is 0 Å². The van der Waals surface area contributed by atoms with Crippen LogP contribution in [0.1, 0.15) is 37.9 Å². The van der Waals surface area contributed by atoms with Gasteiger partial charge in [0, 0.05) is 26.2 Å². The first-order valence-corrected chi connectivity index (χ1v) is 23.1. The van der Waals surface area contributed by atoms with Crippen molar-refractivity contribution < 1.29 is 52.7 Å². The Morgan fingerprint density at radius 1 is 0.461 bits per heavy atom. The molecule has 29 nitrogen and oxygen atoms in total. The molecule has 1 saturated heterocycles. The van der Waals surface area contributed by atoms with E-state index in [1.165, 1.54) is 18.6 Å². The van der Waals surface area contributed by atoms with Gasteiger partial charge in [-0.05, 0) is 36.4 Å². The lowest BCUT2D eigenvalue weighted by Gasteiger charge is -2.25. The van der Waals surface area contributed by atoms with Crippen LogP contribution in [0.25, 0.3) is 33.1 Å². The van der Waals surface area contributed by atoms with Crippen molar-refractivity contribution >= 4 is 98.1 Å². The maximum absolute atomic E-state index is 13.9. The maximum atomic E-state index is 13.9. The number of rotatable bonds is 11. The minimum absolute atomic E-state index is 0.164. The summed E-state index contributed by atoms with van der Waals surface area (Å²) in [5.74, 6) is -11.4. The van der Waals surface area contributed by atoms with Gasteiger partial charge in [0.15, 0.2) is 0 Å².